The van der Waals surface area contributed by atoms with E-state index in [1.165, 1.54) is 23.8 Å². The molecule has 8 nitrogen and oxygen atoms in total. The van der Waals surface area contributed by atoms with Crippen molar-refractivity contribution in [2.45, 2.75) is 49.9 Å². The monoisotopic (exact) mass is 590 g/mol. The van der Waals surface area contributed by atoms with Crippen molar-refractivity contribution in [1.82, 2.24) is 14.7 Å². The minimum Gasteiger partial charge on any atom is -0.471 e. The summed E-state index contributed by atoms with van der Waals surface area (Å²) in [6, 6.07) is 13.9. The van der Waals surface area contributed by atoms with Crippen LogP contribution in [0.4, 0.5) is 38.0 Å². The SMILES string of the molecule is C=S(=O)(NC(=O)C(F)(F)F)c1ccc(Nc2ncc(C(F)(F)F)c(O[C@H](C)[C@@H](C)OCc3ccccc3)n2)cc1. The molecule has 0 aliphatic rings. The summed E-state index contributed by atoms with van der Waals surface area (Å²) in [5.41, 5.74) is -0.165. The maximum absolute atomic E-state index is 13.6. The Morgan fingerprint density at radius 1 is 1.00 bits per heavy atom. The molecule has 1 amide bonds. The second-order valence-electron chi connectivity index (χ2n) is 8.49. The molecule has 0 aliphatic carbocycles. The van der Waals surface area contributed by atoms with Crippen LogP contribution in [0.5, 0.6) is 5.88 Å². The first-order valence-electron chi connectivity index (χ1n) is 11.5. The highest BCUT2D eigenvalue weighted by atomic mass is 32.2. The smallest absolute Gasteiger partial charge is 0.471 e. The van der Waals surface area contributed by atoms with Crippen LogP contribution in [0.1, 0.15) is 25.0 Å². The van der Waals surface area contributed by atoms with Gasteiger partial charge in [-0.2, -0.15) is 31.3 Å². The van der Waals surface area contributed by atoms with E-state index >= 15 is 0 Å². The third-order valence-electron chi connectivity index (χ3n) is 5.38. The molecule has 0 fully saturated rings. The van der Waals surface area contributed by atoms with E-state index < -0.39 is 51.6 Å². The number of rotatable bonds is 10. The second kappa shape index (κ2) is 12.1. The van der Waals surface area contributed by atoms with Crippen molar-refractivity contribution in [3.05, 3.63) is 71.9 Å². The van der Waals surface area contributed by atoms with Gasteiger partial charge in [0, 0.05) is 16.8 Å². The van der Waals surface area contributed by atoms with Gasteiger partial charge in [0.05, 0.1) is 22.4 Å². The molecule has 2 N–H and O–H groups in total. The van der Waals surface area contributed by atoms with Gasteiger partial charge in [-0.3, -0.25) is 9.52 Å². The Kier molecular flexibility index (Phi) is 9.30. The summed E-state index contributed by atoms with van der Waals surface area (Å²) in [5.74, 6) is -0.321. The number of alkyl halides is 6. The fourth-order valence-corrected chi connectivity index (χ4v) is 4.18. The molecule has 1 heterocycles. The van der Waals surface area contributed by atoms with Gasteiger partial charge in [-0.25, -0.2) is 9.19 Å². The molecule has 3 rings (SSSR count). The summed E-state index contributed by atoms with van der Waals surface area (Å²) in [7, 11) is -3.84. The van der Waals surface area contributed by atoms with Crippen molar-refractivity contribution in [1.29, 1.82) is 0 Å². The molecule has 0 spiro atoms. The number of hydrogen-bond acceptors (Lipinski definition) is 7. The molecule has 15 heteroatoms. The van der Waals surface area contributed by atoms with E-state index in [4.69, 9.17) is 9.47 Å². The summed E-state index contributed by atoms with van der Waals surface area (Å²) < 4.78 is 103. The molecule has 3 atom stereocenters. The molecule has 0 saturated carbocycles. The standard InChI is InChI=1S/C25H24F6N4O4S/c1-15(38-14-17-7-5-4-6-8-17)16(2)39-21-20(24(26,27)28)13-32-23(34-21)33-18-9-11-19(12-10-18)40(3,37)35-22(36)25(29,30)31/h4-13,15-16H,3,14H2,1-2H3,(H,32,33,34)(H,35,36,37)/t15-,16-,40?/m1/s1. The summed E-state index contributed by atoms with van der Waals surface area (Å²) in [5, 5.41) is 2.63. The molecule has 0 bridgehead atoms. The van der Waals surface area contributed by atoms with Gasteiger partial charge >= 0.3 is 18.3 Å². The van der Waals surface area contributed by atoms with Crippen LogP contribution in [0.2, 0.25) is 0 Å². The number of benzene rings is 2. The lowest BCUT2D eigenvalue weighted by Crippen LogP contribution is -2.40. The zero-order valence-electron chi connectivity index (χ0n) is 21.0. The quantitative estimate of drug-likeness (QED) is 0.245. The molecular formula is C25H24F6N4O4S. The molecule has 0 radical (unpaired) electrons. The van der Waals surface area contributed by atoms with Gasteiger partial charge in [0.2, 0.25) is 11.8 Å². The van der Waals surface area contributed by atoms with Crippen molar-refractivity contribution in [3.63, 3.8) is 0 Å². The Balaban J connectivity index is 1.74. The van der Waals surface area contributed by atoms with E-state index in [0.717, 1.165) is 17.7 Å². The Bertz CT molecular complexity index is 1420. The number of hydrogen-bond donors (Lipinski definition) is 2. The number of ether oxygens (including phenoxy) is 2. The lowest BCUT2D eigenvalue weighted by Gasteiger charge is -2.23. The Hall–Kier alpha value is -3.85. The zero-order valence-corrected chi connectivity index (χ0v) is 21.9. The fourth-order valence-electron chi connectivity index (χ4n) is 3.07. The van der Waals surface area contributed by atoms with Gasteiger partial charge in [0.1, 0.15) is 11.7 Å². The summed E-state index contributed by atoms with van der Waals surface area (Å²) in [6.45, 7) is 3.38. The lowest BCUT2D eigenvalue weighted by molar-refractivity contribution is -0.171. The number of nitrogens with one attached hydrogen (secondary N) is 2. The second-order valence-corrected chi connectivity index (χ2v) is 10.5. The van der Waals surface area contributed by atoms with Crippen molar-refractivity contribution in [2.24, 2.45) is 0 Å². The van der Waals surface area contributed by atoms with Crippen molar-refractivity contribution in [3.8, 4) is 5.88 Å². The van der Waals surface area contributed by atoms with E-state index in [2.05, 4.69) is 21.2 Å². The van der Waals surface area contributed by atoms with E-state index in [1.807, 2.05) is 30.3 Å². The maximum Gasteiger partial charge on any atom is 0.472 e. The first-order chi connectivity index (χ1) is 18.6. The van der Waals surface area contributed by atoms with Crippen LogP contribution >= 0.6 is 0 Å². The van der Waals surface area contributed by atoms with E-state index in [1.54, 1.807) is 6.92 Å². The van der Waals surface area contributed by atoms with Crippen LogP contribution in [-0.2, 0) is 32.0 Å². The number of nitrogens with zero attached hydrogens (tertiary/aromatic N) is 2. The molecule has 2 aromatic carbocycles. The van der Waals surface area contributed by atoms with E-state index in [-0.39, 0.29) is 23.1 Å². The zero-order chi connectivity index (χ0) is 29.7. The largest absolute Gasteiger partial charge is 0.472 e. The summed E-state index contributed by atoms with van der Waals surface area (Å²) in [4.78, 5) is 18.4. The van der Waals surface area contributed by atoms with Gasteiger partial charge in [-0.15, -0.1) is 0 Å². The van der Waals surface area contributed by atoms with Gasteiger partial charge in [-0.1, -0.05) is 30.3 Å². The van der Waals surface area contributed by atoms with Crippen LogP contribution in [0.25, 0.3) is 0 Å². The number of carbonyl (C=O) groups excluding carboxylic acids is 1. The van der Waals surface area contributed by atoms with Gasteiger partial charge in [-0.05, 0) is 49.5 Å². The molecule has 1 unspecified atom stereocenters. The molecule has 1 aromatic heterocycles. The highest BCUT2D eigenvalue weighted by molar-refractivity contribution is 7.99. The molecule has 3 aromatic rings. The Labute approximate surface area is 225 Å². The summed E-state index contributed by atoms with van der Waals surface area (Å²) >= 11 is 0. The van der Waals surface area contributed by atoms with Gasteiger partial charge in [0.15, 0.2) is 0 Å². The highest BCUT2D eigenvalue weighted by Crippen LogP contribution is 2.36. The Morgan fingerprint density at radius 3 is 2.20 bits per heavy atom. The third kappa shape index (κ3) is 8.32. The molecule has 40 heavy (non-hydrogen) atoms. The first-order valence-corrected chi connectivity index (χ1v) is 13.2. The molecular weight excluding hydrogens is 566 g/mol. The van der Waals surface area contributed by atoms with Crippen LogP contribution in [0.15, 0.2) is 65.7 Å². The maximum atomic E-state index is 13.6. The number of aromatic nitrogens is 2. The normalized spacial score (nSPS) is 15.0. The van der Waals surface area contributed by atoms with Crippen LogP contribution < -0.4 is 14.8 Å². The number of halogens is 6. The number of anilines is 2. The summed E-state index contributed by atoms with van der Waals surface area (Å²) in [6.07, 6.45) is -11.0. The average Bonchev–Trinajstić information content (AvgIpc) is 2.87. The minimum atomic E-state index is -5.26. The fraction of sp³-hybridized carbons (Fsp3) is 0.280. The topological polar surface area (TPSA) is 102 Å². The minimum absolute atomic E-state index is 0.180. The number of carbonyl (C=O) groups is 1. The van der Waals surface area contributed by atoms with Crippen LogP contribution in [0.3, 0.4) is 0 Å². The van der Waals surface area contributed by atoms with Gasteiger partial charge in [0.25, 0.3) is 0 Å². The first kappa shape index (κ1) is 30.7. The van der Waals surface area contributed by atoms with Crippen molar-refractivity contribution < 1.29 is 44.8 Å². The van der Waals surface area contributed by atoms with Crippen molar-refractivity contribution in [2.75, 3.05) is 5.32 Å². The van der Waals surface area contributed by atoms with E-state index in [0.29, 0.717) is 6.20 Å². The predicted octanol–water partition coefficient (Wildman–Crippen LogP) is 5.28. The van der Waals surface area contributed by atoms with Crippen LogP contribution in [-0.4, -0.2) is 44.3 Å². The average molecular weight is 591 g/mol. The lowest BCUT2D eigenvalue weighted by atomic mass is 10.2. The van der Waals surface area contributed by atoms with Gasteiger partial charge < -0.3 is 14.8 Å². The van der Waals surface area contributed by atoms with Crippen LogP contribution in [0, 0.1) is 0 Å². The Morgan fingerprint density at radius 2 is 1.62 bits per heavy atom. The highest BCUT2D eigenvalue weighted by Gasteiger charge is 2.40. The molecule has 216 valence electrons. The third-order valence-corrected chi connectivity index (χ3v) is 6.93. The van der Waals surface area contributed by atoms with E-state index in [9.17, 15) is 35.3 Å². The molecule has 0 saturated heterocycles. The molecule has 0 aliphatic heterocycles. The number of amides is 1. The van der Waals surface area contributed by atoms with Crippen molar-refractivity contribution >= 4 is 33.1 Å². The predicted molar refractivity (Wildman–Crippen MR) is 135 cm³/mol.